The summed E-state index contributed by atoms with van der Waals surface area (Å²) < 4.78 is 28.0. The van der Waals surface area contributed by atoms with Gasteiger partial charge in [0.15, 0.2) is 17.3 Å². The van der Waals surface area contributed by atoms with Crippen molar-refractivity contribution in [2.75, 3.05) is 20.8 Å². The first-order valence-electron chi connectivity index (χ1n) is 12.9. The van der Waals surface area contributed by atoms with Gasteiger partial charge >= 0.3 is 0 Å². The second-order valence-corrected chi connectivity index (χ2v) is 9.76. The minimum absolute atomic E-state index is 0.00163. The fourth-order valence-corrected chi connectivity index (χ4v) is 5.10. The maximum Gasteiger partial charge on any atom is 0.235 e. The van der Waals surface area contributed by atoms with Crippen LogP contribution in [-0.4, -0.2) is 41.3 Å². The van der Waals surface area contributed by atoms with Gasteiger partial charge in [-0.15, -0.1) is 0 Å². The molecule has 214 valence electrons. The topological polar surface area (TPSA) is 148 Å². The van der Waals surface area contributed by atoms with Crippen LogP contribution in [0.25, 0.3) is 22.3 Å². The third kappa shape index (κ3) is 4.62. The minimum atomic E-state index is -0.654. The van der Waals surface area contributed by atoms with Gasteiger partial charge in [0.2, 0.25) is 11.2 Å². The molecule has 10 heteroatoms. The summed E-state index contributed by atoms with van der Waals surface area (Å²) in [6.45, 7) is 0.615. The van der Waals surface area contributed by atoms with Crippen molar-refractivity contribution >= 4 is 11.0 Å². The van der Waals surface area contributed by atoms with Crippen molar-refractivity contribution in [2.45, 2.75) is 12.0 Å². The van der Waals surface area contributed by atoms with E-state index in [4.69, 9.17) is 23.4 Å². The molecular weight excluding hydrogens is 544 g/mol. The molecule has 2 unspecified atom stereocenters. The van der Waals surface area contributed by atoms with Crippen molar-refractivity contribution in [3.05, 3.63) is 94.1 Å². The molecule has 0 fully saturated rings. The summed E-state index contributed by atoms with van der Waals surface area (Å²) in [6.07, 6.45) is 0.00163. The Balaban J connectivity index is 0.000000150. The summed E-state index contributed by atoms with van der Waals surface area (Å²) >= 11 is 0. The molecule has 2 aliphatic heterocycles. The lowest BCUT2D eigenvalue weighted by Crippen LogP contribution is -2.23. The SMILES string of the molecule is COc1ccc2c(c1)OC1c3ccc(OC)cc3OCC21.O=c1c(O)c(-c2ccc(O)c(O)c2)oc2cc(O)ccc12. The van der Waals surface area contributed by atoms with E-state index in [0.717, 1.165) is 34.6 Å². The highest BCUT2D eigenvalue weighted by atomic mass is 16.5. The van der Waals surface area contributed by atoms with Gasteiger partial charge in [-0.1, -0.05) is 6.07 Å². The molecule has 5 aromatic rings. The van der Waals surface area contributed by atoms with E-state index in [0.29, 0.717) is 6.61 Å². The van der Waals surface area contributed by atoms with Crippen LogP contribution in [0.4, 0.5) is 0 Å². The lowest BCUT2D eigenvalue weighted by Gasteiger charge is -2.28. The van der Waals surface area contributed by atoms with E-state index in [-0.39, 0.29) is 45.8 Å². The summed E-state index contributed by atoms with van der Waals surface area (Å²) in [7, 11) is 3.32. The number of phenols is 3. The Morgan fingerprint density at radius 3 is 2.19 bits per heavy atom. The number of methoxy groups -OCH3 is 2. The number of ether oxygens (including phenoxy) is 4. The molecule has 0 spiro atoms. The smallest absolute Gasteiger partial charge is 0.235 e. The molecule has 0 aliphatic carbocycles. The van der Waals surface area contributed by atoms with Gasteiger partial charge in [-0.2, -0.15) is 0 Å². The van der Waals surface area contributed by atoms with Crippen molar-refractivity contribution in [1.29, 1.82) is 0 Å². The van der Waals surface area contributed by atoms with Gasteiger partial charge in [0, 0.05) is 34.9 Å². The zero-order valence-electron chi connectivity index (χ0n) is 22.5. The van der Waals surface area contributed by atoms with Crippen LogP contribution in [0.15, 0.2) is 82.0 Å². The average molecular weight is 571 g/mol. The molecule has 42 heavy (non-hydrogen) atoms. The zero-order chi connectivity index (χ0) is 29.5. The lowest BCUT2D eigenvalue weighted by molar-refractivity contribution is 0.139. The van der Waals surface area contributed by atoms with E-state index in [1.807, 2.05) is 30.3 Å². The van der Waals surface area contributed by atoms with Crippen LogP contribution in [-0.2, 0) is 0 Å². The van der Waals surface area contributed by atoms with Gasteiger partial charge in [0.1, 0.15) is 40.4 Å². The van der Waals surface area contributed by atoms with Crippen molar-refractivity contribution in [2.24, 2.45) is 0 Å². The number of hydrogen-bond donors (Lipinski definition) is 4. The Labute approximate surface area is 239 Å². The van der Waals surface area contributed by atoms with Crippen LogP contribution in [0.5, 0.6) is 46.0 Å². The predicted molar refractivity (Wildman–Crippen MR) is 152 cm³/mol. The molecule has 0 saturated heterocycles. The standard InChI is InChI=1S/C17H16O4.C15H10O6/c1-18-10-4-6-13-15(7-10)20-9-14-12-5-3-11(19-2)8-16(12)21-17(13)14;16-8-2-3-9-12(6-8)21-15(14(20)13(9)19)7-1-4-10(17)11(18)5-7/h3-8,14,17H,9H2,1-2H3;1-6,16-18,20H. The van der Waals surface area contributed by atoms with Crippen LogP contribution >= 0.6 is 0 Å². The van der Waals surface area contributed by atoms with E-state index in [9.17, 15) is 25.2 Å². The number of rotatable bonds is 3. The molecule has 0 saturated carbocycles. The Hall–Kier alpha value is -5.51. The first-order chi connectivity index (χ1) is 20.3. The van der Waals surface area contributed by atoms with E-state index >= 15 is 0 Å². The Bertz CT molecular complexity index is 1880. The second-order valence-electron chi connectivity index (χ2n) is 9.76. The first kappa shape index (κ1) is 26.7. The molecule has 7 rings (SSSR count). The quantitative estimate of drug-likeness (QED) is 0.202. The molecule has 0 amide bonds. The summed E-state index contributed by atoms with van der Waals surface area (Å²) in [4.78, 5) is 12.1. The molecule has 1 aromatic heterocycles. The van der Waals surface area contributed by atoms with Gasteiger partial charge in [-0.3, -0.25) is 4.79 Å². The molecule has 4 aromatic carbocycles. The number of hydrogen-bond acceptors (Lipinski definition) is 10. The van der Waals surface area contributed by atoms with Gasteiger partial charge in [0.05, 0.1) is 32.1 Å². The zero-order valence-corrected chi connectivity index (χ0v) is 22.5. The number of phenolic OH excluding ortho intramolecular Hbond substituents is 3. The predicted octanol–water partition coefficient (Wildman–Crippen LogP) is 5.60. The molecule has 0 bridgehead atoms. The Kier molecular flexibility index (Phi) is 6.66. The van der Waals surface area contributed by atoms with E-state index in [2.05, 4.69) is 6.07 Å². The van der Waals surface area contributed by atoms with Gasteiger partial charge < -0.3 is 43.8 Å². The third-order valence-electron chi connectivity index (χ3n) is 7.27. The molecule has 2 atom stereocenters. The number of fused-ring (bicyclic) bond motifs is 6. The fourth-order valence-electron chi connectivity index (χ4n) is 5.10. The average Bonchev–Trinajstić information content (AvgIpc) is 3.38. The summed E-state index contributed by atoms with van der Waals surface area (Å²) in [5, 5.41) is 38.3. The third-order valence-corrected chi connectivity index (χ3v) is 7.27. The van der Waals surface area contributed by atoms with Gasteiger partial charge in [0.25, 0.3) is 0 Å². The van der Waals surface area contributed by atoms with E-state index in [1.54, 1.807) is 14.2 Å². The Morgan fingerprint density at radius 1 is 0.762 bits per heavy atom. The van der Waals surface area contributed by atoms with Crippen LogP contribution < -0.4 is 24.4 Å². The molecule has 2 aliphatic rings. The lowest BCUT2D eigenvalue weighted by atomic mass is 9.89. The first-order valence-corrected chi connectivity index (χ1v) is 12.9. The monoisotopic (exact) mass is 570 g/mol. The summed E-state index contributed by atoms with van der Waals surface area (Å²) in [6, 6.07) is 19.5. The Morgan fingerprint density at radius 2 is 1.48 bits per heavy atom. The summed E-state index contributed by atoms with van der Waals surface area (Å²) in [5.41, 5.74) is 1.91. The maximum absolute atomic E-state index is 12.1. The number of benzene rings is 4. The van der Waals surface area contributed by atoms with Gasteiger partial charge in [-0.05, 0) is 48.5 Å². The van der Waals surface area contributed by atoms with Crippen LogP contribution in [0.2, 0.25) is 0 Å². The van der Waals surface area contributed by atoms with Crippen LogP contribution in [0.1, 0.15) is 23.1 Å². The van der Waals surface area contributed by atoms with Crippen molar-refractivity contribution < 1.29 is 43.8 Å². The van der Waals surface area contributed by atoms with Crippen molar-refractivity contribution in [3.8, 4) is 57.3 Å². The minimum Gasteiger partial charge on any atom is -0.508 e. The van der Waals surface area contributed by atoms with E-state index < -0.39 is 16.9 Å². The molecule has 3 heterocycles. The largest absolute Gasteiger partial charge is 0.508 e. The normalized spacial score (nSPS) is 16.1. The van der Waals surface area contributed by atoms with Gasteiger partial charge in [-0.25, -0.2) is 0 Å². The highest BCUT2D eigenvalue weighted by molar-refractivity contribution is 5.83. The second kappa shape index (κ2) is 10.5. The number of aromatic hydroxyl groups is 4. The van der Waals surface area contributed by atoms with Crippen molar-refractivity contribution in [3.63, 3.8) is 0 Å². The van der Waals surface area contributed by atoms with Crippen LogP contribution in [0.3, 0.4) is 0 Å². The molecule has 4 N–H and O–H groups in total. The van der Waals surface area contributed by atoms with E-state index in [1.165, 1.54) is 35.9 Å². The van der Waals surface area contributed by atoms with Crippen LogP contribution in [0, 0.1) is 0 Å². The fraction of sp³-hybridized carbons (Fsp3) is 0.156. The maximum atomic E-state index is 12.1. The molecular formula is C32H26O10. The highest BCUT2D eigenvalue weighted by Crippen LogP contribution is 2.52. The molecule has 10 nitrogen and oxygen atoms in total. The molecule has 0 radical (unpaired) electrons. The highest BCUT2D eigenvalue weighted by Gasteiger charge is 2.40. The van der Waals surface area contributed by atoms with Crippen molar-refractivity contribution in [1.82, 2.24) is 0 Å². The summed E-state index contributed by atoms with van der Waals surface area (Å²) in [5.74, 6) is 1.96.